The maximum atomic E-state index is 11.9. The van der Waals surface area contributed by atoms with Crippen LogP contribution in [0.5, 0.6) is 0 Å². The fraction of sp³-hybridized carbons (Fsp3) is 0.667. The molecule has 1 aromatic heterocycles. The summed E-state index contributed by atoms with van der Waals surface area (Å²) in [5.74, 6) is 1.06. The smallest absolute Gasteiger partial charge is 0.237 e. The van der Waals surface area contributed by atoms with Crippen molar-refractivity contribution in [1.29, 1.82) is 0 Å². The number of hydrogen-bond acceptors (Lipinski definition) is 3. The molecule has 1 aromatic rings. The monoisotopic (exact) mass is 266 g/mol. The number of amides is 1. The Bertz CT molecular complexity index is 362. The first-order chi connectivity index (χ1) is 9.02. The second-order valence-electron chi connectivity index (χ2n) is 5.23. The van der Waals surface area contributed by atoms with Gasteiger partial charge in [0.1, 0.15) is 5.76 Å². The van der Waals surface area contributed by atoms with E-state index in [2.05, 4.69) is 24.5 Å². The van der Waals surface area contributed by atoms with Crippen molar-refractivity contribution in [2.24, 2.45) is 0 Å². The van der Waals surface area contributed by atoms with Gasteiger partial charge in [0.15, 0.2) is 0 Å². The minimum atomic E-state index is -0.166. The Labute approximate surface area is 116 Å². The summed E-state index contributed by atoms with van der Waals surface area (Å²) in [7, 11) is 0. The molecule has 4 heteroatoms. The molecule has 0 aliphatic carbocycles. The lowest BCUT2D eigenvalue weighted by Gasteiger charge is -2.21. The van der Waals surface area contributed by atoms with Crippen molar-refractivity contribution < 1.29 is 9.21 Å². The highest BCUT2D eigenvalue weighted by Crippen LogP contribution is 2.06. The van der Waals surface area contributed by atoms with Gasteiger partial charge in [-0.05, 0) is 45.7 Å². The largest absolute Gasteiger partial charge is 0.469 e. The number of furan rings is 1. The van der Waals surface area contributed by atoms with Crippen LogP contribution in [0.4, 0.5) is 0 Å². The number of carbonyl (C=O) groups is 1. The number of aryl methyl sites for hydroxylation is 1. The standard InChI is InChI=1S/C15H26N2O2/c1-5-11(2)17-15(18)13(4)16-12(3)8-9-14-7-6-10-19-14/h6-7,10-13,16H,5,8-9H2,1-4H3,(H,17,18). The molecule has 1 amide bonds. The lowest BCUT2D eigenvalue weighted by molar-refractivity contribution is -0.123. The van der Waals surface area contributed by atoms with Crippen LogP contribution >= 0.6 is 0 Å². The van der Waals surface area contributed by atoms with Crippen LogP contribution in [0, 0.1) is 0 Å². The van der Waals surface area contributed by atoms with Crippen LogP contribution in [0.2, 0.25) is 0 Å². The Morgan fingerprint density at radius 2 is 2.05 bits per heavy atom. The van der Waals surface area contributed by atoms with Crippen LogP contribution in [-0.4, -0.2) is 24.0 Å². The second-order valence-corrected chi connectivity index (χ2v) is 5.23. The van der Waals surface area contributed by atoms with E-state index in [4.69, 9.17) is 4.42 Å². The summed E-state index contributed by atoms with van der Waals surface area (Å²) < 4.78 is 5.30. The SMILES string of the molecule is CCC(C)NC(=O)C(C)NC(C)CCc1ccco1. The zero-order valence-electron chi connectivity index (χ0n) is 12.4. The van der Waals surface area contributed by atoms with Gasteiger partial charge < -0.3 is 15.1 Å². The quantitative estimate of drug-likeness (QED) is 0.760. The third kappa shape index (κ3) is 5.92. The van der Waals surface area contributed by atoms with Crippen molar-refractivity contribution in [1.82, 2.24) is 10.6 Å². The summed E-state index contributed by atoms with van der Waals surface area (Å²) >= 11 is 0. The van der Waals surface area contributed by atoms with Crippen molar-refractivity contribution in [2.75, 3.05) is 0 Å². The maximum absolute atomic E-state index is 11.9. The molecule has 3 unspecified atom stereocenters. The molecule has 0 aliphatic heterocycles. The third-order valence-electron chi connectivity index (χ3n) is 3.33. The Morgan fingerprint density at radius 3 is 2.63 bits per heavy atom. The number of carbonyl (C=O) groups excluding carboxylic acids is 1. The molecule has 0 radical (unpaired) electrons. The van der Waals surface area contributed by atoms with Crippen LogP contribution in [-0.2, 0) is 11.2 Å². The second kappa shape index (κ2) is 8.00. The van der Waals surface area contributed by atoms with Gasteiger partial charge >= 0.3 is 0 Å². The van der Waals surface area contributed by atoms with E-state index in [9.17, 15) is 4.79 Å². The summed E-state index contributed by atoms with van der Waals surface area (Å²) in [4.78, 5) is 11.9. The van der Waals surface area contributed by atoms with Crippen molar-refractivity contribution in [3.05, 3.63) is 24.2 Å². The number of nitrogens with one attached hydrogen (secondary N) is 2. The number of hydrogen-bond donors (Lipinski definition) is 2. The Morgan fingerprint density at radius 1 is 1.32 bits per heavy atom. The molecule has 0 saturated carbocycles. The van der Waals surface area contributed by atoms with Gasteiger partial charge in [0.25, 0.3) is 0 Å². The lowest BCUT2D eigenvalue weighted by atomic mass is 10.1. The first kappa shape index (κ1) is 15.8. The molecular weight excluding hydrogens is 240 g/mol. The van der Waals surface area contributed by atoms with E-state index < -0.39 is 0 Å². The molecule has 0 saturated heterocycles. The van der Waals surface area contributed by atoms with E-state index in [1.54, 1.807) is 6.26 Å². The lowest BCUT2D eigenvalue weighted by Crippen LogP contribution is -2.48. The van der Waals surface area contributed by atoms with E-state index in [-0.39, 0.29) is 24.0 Å². The molecule has 4 nitrogen and oxygen atoms in total. The minimum absolute atomic E-state index is 0.0687. The molecule has 1 heterocycles. The molecule has 0 spiro atoms. The zero-order chi connectivity index (χ0) is 14.3. The summed E-state index contributed by atoms with van der Waals surface area (Å²) in [6, 6.07) is 4.22. The van der Waals surface area contributed by atoms with E-state index in [1.165, 1.54) is 0 Å². The van der Waals surface area contributed by atoms with Gasteiger partial charge in [0.05, 0.1) is 12.3 Å². The van der Waals surface area contributed by atoms with Crippen LogP contribution in [0.25, 0.3) is 0 Å². The van der Waals surface area contributed by atoms with Gasteiger partial charge in [-0.15, -0.1) is 0 Å². The molecule has 1 rings (SSSR count). The Balaban J connectivity index is 2.26. The van der Waals surface area contributed by atoms with Gasteiger partial charge in [-0.3, -0.25) is 4.79 Å². The minimum Gasteiger partial charge on any atom is -0.469 e. The van der Waals surface area contributed by atoms with Crippen molar-refractivity contribution in [2.45, 2.75) is 65.1 Å². The van der Waals surface area contributed by atoms with E-state index >= 15 is 0 Å². The highest BCUT2D eigenvalue weighted by atomic mass is 16.3. The van der Waals surface area contributed by atoms with E-state index in [0.29, 0.717) is 0 Å². The van der Waals surface area contributed by atoms with E-state index in [0.717, 1.165) is 25.0 Å². The van der Waals surface area contributed by atoms with Crippen molar-refractivity contribution in [3.63, 3.8) is 0 Å². The molecule has 19 heavy (non-hydrogen) atoms. The first-order valence-electron chi connectivity index (χ1n) is 7.11. The maximum Gasteiger partial charge on any atom is 0.237 e. The fourth-order valence-corrected chi connectivity index (χ4v) is 1.87. The molecule has 108 valence electrons. The first-order valence-corrected chi connectivity index (χ1v) is 7.11. The zero-order valence-corrected chi connectivity index (χ0v) is 12.4. The highest BCUT2D eigenvalue weighted by Gasteiger charge is 2.16. The summed E-state index contributed by atoms with van der Waals surface area (Å²) in [6.07, 6.45) is 4.48. The molecule has 0 fully saturated rings. The molecule has 0 bridgehead atoms. The predicted octanol–water partition coefficient (Wildman–Crippen LogP) is 2.49. The predicted molar refractivity (Wildman–Crippen MR) is 77.0 cm³/mol. The van der Waals surface area contributed by atoms with Gasteiger partial charge in [0.2, 0.25) is 5.91 Å². The molecule has 0 aromatic carbocycles. The van der Waals surface area contributed by atoms with Gasteiger partial charge in [-0.1, -0.05) is 6.92 Å². The highest BCUT2D eigenvalue weighted by molar-refractivity contribution is 5.81. The summed E-state index contributed by atoms with van der Waals surface area (Å²) in [5.41, 5.74) is 0. The average Bonchev–Trinajstić information content (AvgIpc) is 2.89. The third-order valence-corrected chi connectivity index (χ3v) is 3.33. The topological polar surface area (TPSA) is 54.3 Å². The van der Waals surface area contributed by atoms with Gasteiger partial charge in [0, 0.05) is 18.5 Å². The van der Waals surface area contributed by atoms with Crippen LogP contribution < -0.4 is 10.6 Å². The van der Waals surface area contributed by atoms with Gasteiger partial charge in [-0.2, -0.15) is 0 Å². The fourth-order valence-electron chi connectivity index (χ4n) is 1.87. The Hall–Kier alpha value is -1.29. The van der Waals surface area contributed by atoms with Crippen molar-refractivity contribution in [3.8, 4) is 0 Å². The Kier molecular flexibility index (Phi) is 6.64. The summed E-state index contributed by atoms with van der Waals surface area (Å²) in [5, 5.41) is 6.30. The summed E-state index contributed by atoms with van der Waals surface area (Å²) in [6.45, 7) is 8.08. The van der Waals surface area contributed by atoms with Crippen LogP contribution in [0.15, 0.2) is 22.8 Å². The van der Waals surface area contributed by atoms with E-state index in [1.807, 2.05) is 26.0 Å². The number of rotatable bonds is 8. The molecule has 3 atom stereocenters. The van der Waals surface area contributed by atoms with Gasteiger partial charge in [-0.25, -0.2) is 0 Å². The van der Waals surface area contributed by atoms with Crippen LogP contribution in [0.3, 0.4) is 0 Å². The molecule has 0 aliphatic rings. The molecule has 2 N–H and O–H groups in total. The molecular formula is C15H26N2O2. The van der Waals surface area contributed by atoms with Crippen molar-refractivity contribution >= 4 is 5.91 Å². The normalized spacial score (nSPS) is 15.8. The average molecular weight is 266 g/mol. The van der Waals surface area contributed by atoms with Crippen LogP contribution in [0.1, 0.15) is 46.3 Å².